The van der Waals surface area contributed by atoms with Gasteiger partial charge in [0.05, 0.1) is 0 Å². The number of benzene rings is 1. The molecule has 0 aromatic heterocycles. The van der Waals surface area contributed by atoms with Crippen molar-refractivity contribution in [1.29, 1.82) is 0 Å². The summed E-state index contributed by atoms with van der Waals surface area (Å²) in [5.74, 6) is 0. The average Bonchev–Trinajstić information content (AvgIpc) is 2.40. The van der Waals surface area contributed by atoms with Gasteiger partial charge in [0.2, 0.25) is 0 Å². The highest BCUT2D eigenvalue weighted by molar-refractivity contribution is 5.52. The highest BCUT2D eigenvalue weighted by atomic mass is 15.3. The van der Waals surface area contributed by atoms with Gasteiger partial charge in [-0.05, 0) is 30.7 Å². The number of quaternary nitrogens is 1. The van der Waals surface area contributed by atoms with Crippen LogP contribution in [0.3, 0.4) is 0 Å². The van der Waals surface area contributed by atoms with Crippen molar-refractivity contribution in [1.82, 2.24) is 4.48 Å². The van der Waals surface area contributed by atoms with Crippen LogP contribution in [0.15, 0.2) is 74.9 Å². The Balaban J connectivity index is 3.35. The molecule has 0 fully saturated rings. The molecule has 0 bridgehead atoms. The molecule has 0 unspecified atom stereocenters. The molecule has 0 spiro atoms. The van der Waals surface area contributed by atoms with E-state index >= 15 is 0 Å². The minimum atomic E-state index is 0.792. The van der Waals surface area contributed by atoms with Gasteiger partial charge in [-0.2, -0.15) is 0 Å². The van der Waals surface area contributed by atoms with E-state index in [1.807, 2.05) is 24.3 Å². The number of rotatable bonds is 9. The average molecular weight is 254 g/mol. The van der Waals surface area contributed by atoms with Crippen LogP contribution in [0.2, 0.25) is 0 Å². The van der Waals surface area contributed by atoms with Crippen LogP contribution in [0.5, 0.6) is 0 Å². The van der Waals surface area contributed by atoms with Gasteiger partial charge in [-0.1, -0.05) is 44.0 Å². The second-order valence-electron chi connectivity index (χ2n) is 4.68. The van der Waals surface area contributed by atoms with Crippen LogP contribution >= 0.6 is 0 Å². The first-order chi connectivity index (χ1) is 9.24. The van der Waals surface area contributed by atoms with Gasteiger partial charge in [-0.15, -0.1) is 6.58 Å². The van der Waals surface area contributed by atoms with Crippen molar-refractivity contribution in [2.75, 3.05) is 19.6 Å². The fraction of sp³-hybridized carbons (Fsp3) is 0.222. The van der Waals surface area contributed by atoms with Crippen LogP contribution in [0, 0.1) is 0 Å². The third-order valence-electron chi connectivity index (χ3n) is 3.30. The van der Waals surface area contributed by atoms with Gasteiger partial charge >= 0.3 is 0 Å². The van der Waals surface area contributed by atoms with Crippen LogP contribution in [0.25, 0.3) is 0 Å². The Kier molecular flexibility index (Phi) is 6.04. The summed E-state index contributed by atoms with van der Waals surface area (Å²) in [6, 6.07) is 8.52. The highest BCUT2D eigenvalue weighted by Crippen LogP contribution is 2.28. The first kappa shape index (κ1) is 15.2. The summed E-state index contributed by atoms with van der Waals surface area (Å²) in [7, 11) is 0. The zero-order valence-electron chi connectivity index (χ0n) is 11.7. The molecule has 0 aliphatic heterocycles. The summed E-state index contributed by atoms with van der Waals surface area (Å²) in [6.07, 6.45) is 8.73. The number of hydrogen-bond donors (Lipinski definition) is 0. The van der Waals surface area contributed by atoms with E-state index in [1.165, 1.54) is 11.3 Å². The lowest BCUT2D eigenvalue weighted by molar-refractivity contribution is 0.362. The Morgan fingerprint density at radius 1 is 0.789 bits per heavy atom. The molecule has 0 saturated carbocycles. The molecule has 100 valence electrons. The maximum Gasteiger partial charge on any atom is 0.137 e. The van der Waals surface area contributed by atoms with Gasteiger partial charge < -0.3 is 0 Å². The molecule has 0 saturated heterocycles. The molecule has 1 aromatic carbocycles. The topological polar surface area (TPSA) is 0 Å². The lowest BCUT2D eigenvalue weighted by Gasteiger charge is -2.37. The van der Waals surface area contributed by atoms with Gasteiger partial charge in [-0.25, -0.2) is 0 Å². The fourth-order valence-electron chi connectivity index (χ4n) is 2.56. The van der Waals surface area contributed by atoms with Crippen molar-refractivity contribution in [3.05, 3.63) is 80.4 Å². The first-order valence-corrected chi connectivity index (χ1v) is 6.62. The van der Waals surface area contributed by atoms with Crippen LogP contribution in [-0.4, -0.2) is 19.6 Å². The molecule has 1 rings (SSSR count). The van der Waals surface area contributed by atoms with E-state index in [0.717, 1.165) is 30.5 Å². The van der Waals surface area contributed by atoms with Crippen LogP contribution in [0.4, 0.5) is 5.69 Å². The molecular weight excluding hydrogens is 230 g/mol. The Hall–Kier alpha value is -1.86. The third kappa shape index (κ3) is 3.55. The van der Waals surface area contributed by atoms with Gasteiger partial charge in [0.1, 0.15) is 25.3 Å². The minimum Gasteiger partial charge on any atom is -0.281 e. The normalized spacial score (nSPS) is 10.7. The summed E-state index contributed by atoms with van der Waals surface area (Å²) in [5.41, 5.74) is 2.62. The molecule has 0 heterocycles. The van der Waals surface area contributed by atoms with E-state index in [-0.39, 0.29) is 0 Å². The molecule has 0 N–H and O–H groups in total. The molecule has 0 amide bonds. The Morgan fingerprint density at radius 2 is 1.32 bits per heavy atom. The standard InChI is InChI=1S/C18H24N/c1-5-11-17-12-9-10-13-18(17)19(14-6-2,15-7-3)16-8-4/h5-10,12-13H,1-4,11,14-16H2/q+1. The smallest absolute Gasteiger partial charge is 0.137 e. The van der Waals surface area contributed by atoms with Gasteiger partial charge in [0, 0.05) is 5.56 Å². The van der Waals surface area contributed by atoms with Crippen molar-refractivity contribution >= 4 is 5.69 Å². The van der Waals surface area contributed by atoms with Gasteiger partial charge in [0.25, 0.3) is 0 Å². The summed E-state index contributed by atoms with van der Waals surface area (Å²) in [4.78, 5) is 0. The molecule has 0 atom stereocenters. The van der Waals surface area contributed by atoms with Crippen molar-refractivity contribution < 1.29 is 0 Å². The zero-order valence-corrected chi connectivity index (χ0v) is 11.7. The largest absolute Gasteiger partial charge is 0.281 e. The summed E-state index contributed by atoms with van der Waals surface area (Å²) in [5, 5.41) is 0. The van der Waals surface area contributed by atoms with E-state index in [0.29, 0.717) is 0 Å². The Morgan fingerprint density at radius 3 is 1.79 bits per heavy atom. The van der Waals surface area contributed by atoms with Gasteiger partial charge in [0.15, 0.2) is 0 Å². The van der Waals surface area contributed by atoms with Crippen molar-refractivity contribution in [3.8, 4) is 0 Å². The Bertz CT molecular complexity index is 430. The molecule has 1 nitrogen and oxygen atoms in total. The lowest BCUT2D eigenvalue weighted by Crippen LogP contribution is -2.50. The minimum absolute atomic E-state index is 0.792. The molecule has 0 radical (unpaired) electrons. The fourth-order valence-corrected chi connectivity index (χ4v) is 2.56. The van der Waals surface area contributed by atoms with Crippen molar-refractivity contribution in [3.63, 3.8) is 0 Å². The number of para-hydroxylation sites is 1. The van der Waals surface area contributed by atoms with E-state index in [4.69, 9.17) is 0 Å². The summed E-state index contributed by atoms with van der Waals surface area (Å²) in [6.45, 7) is 18.2. The molecule has 1 aromatic rings. The first-order valence-electron chi connectivity index (χ1n) is 6.62. The monoisotopic (exact) mass is 254 g/mol. The predicted octanol–water partition coefficient (Wildman–Crippen LogP) is 4.28. The maximum atomic E-state index is 3.91. The number of allylic oxidation sites excluding steroid dienone is 1. The predicted molar refractivity (Wildman–Crippen MR) is 87.3 cm³/mol. The Labute approximate surface area is 117 Å². The maximum absolute atomic E-state index is 3.91. The molecular formula is C18H24N+. The number of nitrogens with zero attached hydrogens (tertiary/aromatic N) is 1. The molecule has 0 aliphatic rings. The van der Waals surface area contributed by atoms with Gasteiger partial charge in [-0.3, -0.25) is 4.48 Å². The molecule has 1 heteroatoms. The highest BCUT2D eigenvalue weighted by Gasteiger charge is 2.28. The SMILES string of the molecule is C=CCc1ccccc1[N+](CC=C)(CC=C)CC=C. The van der Waals surface area contributed by atoms with Crippen molar-refractivity contribution in [2.45, 2.75) is 6.42 Å². The van der Waals surface area contributed by atoms with Crippen LogP contribution in [-0.2, 0) is 6.42 Å². The number of hydrogen-bond acceptors (Lipinski definition) is 0. The third-order valence-corrected chi connectivity index (χ3v) is 3.30. The van der Waals surface area contributed by atoms with E-state index < -0.39 is 0 Å². The quantitative estimate of drug-likeness (QED) is 0.456. The van der Waals surface area contributed by atoms with E-state index in [9.17, 15) is 0 Å². The van der Waals surface area contributed by atoms with E-state index in [1.54, 1.807) is 0 Å². The van der Waals surface area contributed by atoms with E-state index in [2.05, 4.69) is 50.6 Å². The molecule has 0 aliphatic carbocycles. The van der Waals surface area contributed by atoms with Crippen LogP contribution in [0.1, 0.15) is 5.56 Å². The molecule has 19 heavy (non-hydrogen) atoms. The second kappa shape index (κ2) is 7.55. The van der Waals surface area contributed by atoms with Crippen molar-refractivity contribution in [2.24, 2.45) is 0 Å². The summed E-state index contributed by atoms with van der Waals surface area (Å²) < 4.78 is 0.792. The second-order valence-corrected chi connectivity index (χ2v) is 4.68. The zero-order chi connectivity index (χ0) is 14.1. The summed E-state index contributed by atoms with van der Waals surface area (Å²) >= 11 is 0. The van der Waals surface area contributed by atoms with Crippen LogP contribution < -0.4 is 4.48 Å². The lowest BCUT2D eigenvalue weighted by atomic mass is 10.1.